The van der Waals surface area contributed by atoms with Gasteiger partial charge in [0.05, 0.1) is 0 Å². The second kappa shape index (κ2) is 4.16. The third-order valence-electron chi connectivity index (χ3n) is 6.04. The number of nitrogens with zero attached hydrogens (tertiary/aromatic N) is 1. The van der Waals surface area contributed by atoms with E-state index >= 15 is 0 Å². The monoisotopic (exact) mass is 273 g/mol. The number of benzene rings is 2. The zero-order valence-corrected chi connectivity index (χ0v) is 12.5. The van der Waals surface area contributed by atoms with Crippen LogP contribution in [0, 0.1) is 11.8 Å². The van der Waals surface area contributed by atoms with Gasteiger partial charge in [0, 0.05) is 23.3 Å². The van der Waals surface area contributed by atoms with Crippen molar-refractivity contribution < 1.29 is 0 Å². The van der Waals surface area contributed by atoms with Crippen molar-refractivity contribution in [2.24, 2.45) is 11.8 Å². The molecule has 2 heteroatoms. The van der Waals surface area contributed by atoms with Gasteiger partial charge in [-0.1, -0.05) is 35.8 Å². The predicted molar refractivity (Wildman–Crippen MR) is 90.6 cm³/mol. The summed E-state index contributed by atoms with van der Waals surface area (Å²) in [5.41, 5.74) is 5.80. The fourth-order valence-corrected chi connectivity index (χ4v) is 5.24. The first-order valence-corrected chi connectivity index (χ1v) is 8.28. The van der Waals surface area contributed by atoms with E-state index in [4.69, 9.17) is 0 Å². The molecule has 4 atom stereocenters. The number of hydrogen-bond donors (Lipinski definition) is 0. The van der Waals surface area contributed by atoms with Crippen LogP contribution < -0.4 is 10.4 Å². The fourth-order valence-electron chi connectivity index (χ4n) is 5.24. The van der Waals surface area contributed by atoms with Crippen molar-refractivity contribution in [1.82, 2.24) is 0 Å². The van der Waals surface area contributed by atoms with Crippen LogP contribution in [-0.4, -0.2) is 13.9 Å². The summed E-state index contributed by atoms with van der Waals surface area (Å²) in [7, 11) is 2.17. The first-order valence-electron chi connectivity index (χ1n) is 8.28. The molecule has 1 nitrogen and oxygen atoms in total. The molecule has 2 aliphatic carbocycles. The molecule has 1 heterocycles. The van der Waals surface area contributed by atoms with Crippen molar-refractivity contribution >= 4 is 24.7 Å². The topological polar surface area (TPSA) is 3.24 Å². The Morgan fingerprint density at radius 1 is 0.905 bits per heavy atom. The lowest BCUT2D eigenvalue weighted by Crippen LogP contribution is -2.35. The molecule has 0 N–H and O–H groups in total. The highest BCUT2D eigenvalue weighted by Crippen LogP contribution is 2.62. The van der Waals surface area contributed by atoms with E-state index in [9.17, 15) is 0 Å². The Morgan fingerprint density at radius 3 is 2.52 bits per heavy atom. The maximum absolute atomic E-state index is 2.66. The second-order valence-electron chi connectivity index (χ2n) is 7.11. The van der Waals surface area contributed by atoms with Crippen LogP contribution >= 0.6 is 0 Å². The highest BCUT2D eigenvalue weighted by atomic mass is 15.2. The Kier molecular flexibility index (Phi) is 2.36. The van der Waals surface area contributed by atoms with Crippen molar-refractivity contribution in [2.75, 3.05) is 4.90 Å². The Morgan fingerprint density at radius 2 is 1.67 bits per heavy atom. The molecular formula is C19H20BN. The summed E-state index contributed by atoms with van der Waals surface area (Å²) in [4.78, 5) is 2.66. The number of anilines is 2. The van der Waals surface area contributed by atoms with Crippen LogP contribution in [0.1, 0.15) is 30.7 Å². The molecule has 1 aliphatic heterocycles. The van der Waals surface area contributed by atoms with Crippen molar-refractivity contribution in [3.05, 3.63) is 54.1 Å². The number of rotatable bonds is 1. The van der Waals surface area contributed by atoms with E-state index < -0.39 is 0 Å². The highest BCUT2D eigenvalue weighted by molar-refractivity contribution is 6.32. The van der Waals surface area contributed by atoms with Gasteiger partial charge in [0.25, 0.3) is 0 Å². The van der Waals surface area contributed by atoms with Gasteiger partial charge in [0.2, 0.25) is 0 Å². The van der Waals surface area contributed by atoms with Crippen LogP contribution in [0.5, 0.6) is 0 Å². The number of hydrogen-bond acceptors (Lipinski definition) is 1. The normalized spacial score (nSPS) is 32.3. The largest absolute Gasteiger partial charge is 0.337 e. The molecule has 104 valence electrons. The van der Waals surface area contributed by atoms with Gasteiger partial charge in [-0.05, 0) is 54.9 Å². The molecule has 4 unspecified atom stereocenters. The van der Waals surface area contributed by atoms with Crippen molar-refractivity contribution in [3.63, 3.8) is 0 Å². The zero-order chi connectivity index (χ0) is 14.0. The summed E-state index contributed by atoms with van der Waals surface area (Å²) in [6.45, 7) is 0. The molecule has 2 bridgehead atoms. The summed E-state index contributed by atoms with van der Waals surface area (Å²) in [5.74, 6) is 2.60. The first kappa shape index (κ1) is 11.9. The summed E-state index contributed by atoms with van der Waals surface area (Å²) in [5, 5.41) is 0. The molecule has 2 fully saturated rings. The van der Waals surface area contributed by atoms with Gasteiger partial charge in [-0.25, -0.2) is 0 Å². The fraction of sp³-hybridized carbons (Fsp3) is 0.368. The minimum atomic E-state index is 0.712. The van der Waals surface area contributed by atoms with Crippen molar-refractivity contribution in [2.45, 2.75) is 31.2 Å². The number of fused-ring (bicyclic) bond motifs is 7. The molecule has 2 aromatic rings. The summed E-state index contributed by atoms with van der Waals surface area (Å²) < 4.78 is 0. The lowest BCUT2D eigenvalue weighted by molar-refractivity contribution is 0.382. The van der Waals surface area contributed by atoms with Crippen LogP contribution in [0.4, 0.5) is 11.4 Å². The highest BCUT2D eigenvalue weighted by Gasteiger charge is 2.55. The molecule has 0 saturated heterocycles. The second-order valence-corrected chi connectivity index (χ2v) is 7.11. The van der Waals surface area contributed by atoms with E-state index in [0.29, 0.717) is 6.04 Å². The van der Waals surface area contributed by atoms with E-state index in [1.54, 1.807) is 5.56 Å². The Bertz CT molecular complexity index is 693. The van der Waals surface area contributed by atoms with Gasteiger partial charge in [-0.3, -0.25) is 0 Å². The Balaban J connectivity index is 1.68. The van der Waals surface area contributed by atoms with Gasteiger partial charge in [-0.15, -0.1) is 0 Å². The summed E-state index contributed by atoms with van der Waals surface area (Å²) in [6.07, 6.45) is 4.33. The third-order valence-corrected chi connectivity index (χ3v) is 6.04. The molecule has 0 aromatic heterocycles. The number of para-hydroxylation sites is 1. The van der Waals surface area contributed by atoms with Crippen molar-refractivity contribution in [1.29, 1.82) is 0 Å². The average Bonchev–Trinajstić information content (AvgIpc) is 3.18. The van der Waals surface area contributed by atoms with Gasteiger partial charge in [-0.2, -0.15) is 0 Å². The first-order chi connectivity index (χ1) is 10.3. The van der Waals surface area contributed by atoms with E-state index in [1.165, 1.54) is 36.1 Å². The van der Waals surface area contributed by atoms with Gasteiger partial charge in [0.15, 0.2) is 0 Å². The van der Waals surface area contributed by atoms with E-state index in [0.717, 1.165) is 17.8 Å². The molecule has 0 spiro atoms. The molecule has 5 rings (SSSR count). The summed E-state index contributed by atoms with van der Waals surface area (Å²) in [6, 6.07) is 18.9. The lowest BCUT2D eigenvalue weighted by Gasteiger charge is -2.33. The minimum Gasteiger partial charge on any atom is -0.337 e. The minimum absolute atomic E-state index is 0.712. The van der Waals surface area contributed by atoms with Crippen LogP contribution in [-0.2, 0) is 0 Å². The van der Waals surface area contributed by atoms with E-state index in [2.05, 4.69) is 61.3 Å². The van der Waals surface area contributed by atoms with Crippen LogP contribution in [0.25, 0.3) is 0 Å². The molecule has 2 saturated carbocycles. The molecular weight excluding hydrogens is 253 g/mol. The maximum Gasteiger partial charge on any atom is 0.139 e. The standard InChI is InChI=1S/C19H20BN/c20-14-7-9-15(10-8-14)21-17-4-2-1-3-16(17)18-12-5-6-13(11-12)19(18)21/h1-4,7-10,12-13,18-19H,5-6,11,20H2. The molecule has 21 heavy (non-hydrogen) atoms. The third kappa shape index (κ3) is 1.54. The molecule has 0 radical (unpaired) electrons. The van der Waals surface area contributed by atoms with Crippen LogP contribution in [0.2, 0.25) is 0 Å². The zero-order valence-electron chi connectivity index (χ0n) is 12.5. The van der Waals surface area contributed by atoms with E-state index in [1.807, 2.05) is 0 Å². The summed E-state index contributed by atoms with van der Waals surface area (Å²) >= 11 is 0. The SMILES string of the molecule is Bc1ccc(N2c3ccccc3C3C4CCC(C4)C32)cc1. The Labute approximate surface area is 127 Å². The quantitative estimate of drug-likeness (QED) is 0.722. The van der Waals surface area contributed by atoms with Crippen LogP contribution in [0.15, 0.2) is 48.5 Å². The lowest BCUT2D eigenvalue weighted by atomic mass is 9.82. The Hall–Kier alpha value is -1.70. The van der Waals surface area contributed by atoms with Gasteiger partial charge >= 0.3 is 0 Å². The van der Waals surface area contributed by atoms with Crippen molar-refractivity contribution in [3.8, 4) is 0 Å². The molecule has 0 amide bonds. The smallest absolute Gasteiger partial charge is 0.139 e. The van der Waals surface area contributed by atoms with Gasteiger partial charge in [0.1, 0.15) is 7.85 Å². The predicted octanol–water partition coefficient (Wildman–Crippen LogP) is 2.98. The van der Waals surface area contributed by atoms with E-state index in [-0.39, 0.29) is 0 Å². The van der Waals surface area contributed by atoms with Gasteiger partial charge < -0.3 is 4.90 Å². The molecule has 3 aliphatic rings. The molecule has 2 aromatic carbocycles. The maximum atomic E-state index is 2.66. The van der Waals surface area contributed by atoms with Crippen LogP contribution in [0.3, 0.4) is 0 Å². The average molecular weight is 273 g/mol.